The average molecular weight is 322 g/mol. The molecule has 0 bridgehead atoms. The van der Waals surface area contributed by atoms with Gasteiger partial charge in [-0.15, -0.1) is 11.3 Å². The molecule has 0 amide bonds. The Hall–Kier alpha value is -1.37. The first kappa shape index (κ1) is 14.6. The zero-order chi connectivity index (χ0) is 14.7. The molecule has 0 spiro atoms. The Morgan fingerprint density at radius 3 is 2.57 bits per heavy atom. The Labute approximate surface area is 129 Å². The highest BCUT2D eigenvalue weighted by atomic mass is 32.2. The van der Waals surface area contributed by atoms with Crippen LogP contribution in [0, 0.1) is 0 Å². The first-order chi connectivity index (χ1) is 10.1. The molecule has 0 unspecified atom stereocenters. The summed E-state index contributed by atoms with van der Waals surface area (Å²) in [5, 5.41) is 5.25. The first-order valence-corrected chi connectivity index (χ1v) is 9.49. The molecular weight excluding hydrogens is 304 g/mol. The van der Waals surface area contributed by atoms with E-state index < -0.39 is 9.84 Å². The second-order valence-corrected chi connectivity index (χ2v) is 8.23. The molecule has 1 aromatic heterocycles. The largest absolute Gasteiger partial charge is 0.368 e. The number of nitrogens with one attached hydrogen (secondary N) is 1. The Balaban J connectivity index is 1.78. The van der Waals surface area contributed by atoms with Crippen LogP contribution in [0.1, 0.15) is 5.56 Å². The van der Waals surface area contributed by atoms with E-state index in [1.807, 2.05) is 41.8 Å². The van der Waals surface area contributed by atoms with E-state index in [1.54, 1.807) is 0 Å². The third-order valence-electron chi connectivity index (χ3n) is 3.55. The summed E-state index contributed by atoms with van der Waals surface area (Å²) in [6.07, 6.45) is 0. The number of piperazine rings is 1. The third-order valence-corrected chi connectivity index (χ3v) is 6.75. The highest BCUT2D eigenvalue weighted by Crippen LogP contribution is 2.29. The van der Waals surface area contributed by atoms with Gasteiger partial charge in [-0.25, -0.2) is 8.42 Å². The maximum Gasteiger partial charge on any atom is 0.191 e. The van der Waals surface area contributed by atoms with Crippen molar-refractivity contribution in [1.82, 2.24) is 5.32 Å². The fourth-order valence-electron chi connectivity index (χ4n) is 2.42. The predicted molar refractivity (Wildman–Crippen MR) is 86.7 cm³/mol. The topological polar surface area (TPSA) is 49.4 Å². The van der Waals surface area contributed by atoms with E-state index in [0.29, 0.717) is 4.21 Å². The van der Waals surface area contributed by atoms with Crippen LogP contribution in [0.4, 0.5) is 5.69 Å². The average Bonchev–Trinajstić information content (AvgIpc) is 2.99. The third kappa shape index (κ3) is 3.45. The Bertz CT molecular complexity index is 689. The standard InChI is InChI=1S/C15H18N2O2S2/c18-21(19,12-13-4-2-1-3-5-13)15-10-14(11-20-15)17-8-6-16-7-9-17/h1-5,10-11,16H,6-9,12H2. The van der Waals surface area contributed by atoms with Crippen molar-refractivity contribution in [2.45, 2.75) is 9.96 Å². The van der Waals surface area contributed by atoms with E-state index >= 15 is 0 Å². The number of benzene rings is 1. The van der Waals surface area contributed by atoms with Gasteiger partial charge in [-0.2, -0.15) is 0 Å². The van der Waals surface area contributed by atoms with Crippen molar-refractivity contribution < 1.29 is 8.42 Å². The molecule has 0 aliphatic carbocycles. The summed E-state index contributed by atoms with van der Waals surface area (Å²) in [4.78, 5) is 2.23. The number of rotatable bonds is 4. The summed E-state index contributed by atoms with van der Waals surface area (Å²) < 4.78 is 25.4. The van der Waals surface area contributed by atoms with E-state index in [9.17, 15) is 8.42 Å². The lowest BCUT2D eigenvalue weighted by Gasteiger charge is -2.28. The molecule has 1 saturated heterocycles. The van der Waals surface area contributed by atoms with Gasteiger partial charge in [-0.1, -0.05) is 30.3 Å². The fourth-order valence-corrected chi connectivity index (χ4v) is 5.05. The number of thiophene rings is 1. The van der Waals surface area contributed by atoms with Gasteiger partial charge in [-0.05, 0) is 11.6 Å². The van der Waals surface area contributed by atoms with Crippen LogP contribution in [-0.2, 0) is 15.6 Å². The van der Waals surface area contributed by atoms with Crippen molar-refractivity contribution in [3.05, 3.63) is 47.3 Å². The van der Waals surface area contributed by atoms with E-state index in [1.165, 1.54) is 11.3 Å². The molecule has 1 fully saturated rings. The lowest BCUT2D eigenvalue weighted by molar-refractivity contribution is 0.589. The highest BCUT2D eigenvalue weighted by Gasteiger charge is 2.20. The molecule has 1 N–H and O–H groups in total. The van der Waals surface area contributed by atoms with Crippen LogP contribution in [-0.4, -0.2) is 34.6 Å². The van der Waals surface area contributed by atoms with Crippen molar-refractivity contribution in [2.75, 3.05) is 31.1 Å². The smallest absolute Gasteiger partial charge is 0.191 e. The van der Waals surface area contributed by atoms with Gasteiger partial charge < -0.3 is 10.2 Å². The Morgan fingerprint density at radius 1 is 1.14 bits per heavy atom. The normalized spacial score (nSPS) is 16.1. The van der Waals surface area contributed by atoms with E-state index in [0.717, 1.165) is 37.4 Å². The summed E-state index contributed by atoms with van der Waals surface area (Å²) in [6.45, 7) is 3.74. The van der Waals surface area contributed by atoms with Gasteiger partial charge in [0.25, 0.3) is 0 Å². The minimum atomic E-state index is -3.25. The van der Waals surface area contributed by atoms with Gasteiger partial charge in [0, 0.05) is 37.2 Å². The van der Waals surface area contributed by atoms with Gasteiger partial charge in [0.2, 0.25) is 0 Å². The van der Waals surface area contributed by atoms with Gasteiger partial charge in [0.1, 0.15) is 4.21 Å². The Morgan fingerprint density at radius 2 is 1.86 bits per heavy atom. The van der Waals surface area contributed by atoms with Crippen molar-refractivity contribution in [1.29, 1.82) is 0 Å². The minimum absolute atomic E-state index is 0.0648. The molecule has 1 aliphatic rings. The van der Waals surface area contributed by atoms with E-state index in [-0.39, 0.29) is 5.75 Å². The molecule has 2 heterocycles. The van der Waals surface area contributed by atoms with Crippen molar-refractivity contribution in [2.24, 2.45) is 0 Å². The van der Waals surface area contributed by atoms with Crippen molar-refractivity contribution in [3.8, 4) is 0 Å². The van der Waals surface area contributed by atoms with Gasteiger partial charge in [0.15, 0.2) is 9.84 Å². The maximum absolute atomic E-state index is 12.5. The molecule has 0 atom stereocenters. The van der Waals surface area contributed by atoms with Gasteiger partial charge >= 0.3 is 0 Å². The Kier molecular flexibility index (Phi) is 4.28. The van der Waals surface area contributed by atoms with Crippen LogP contribution < -0.4 is 10.2 Å². The molecule has 0 radical (unpaired) electrons. The number of sulfone groups is 1. The highest BCUT2D eigenvalue weighted by molar-refractivity contribution is 7.92. The van der Waals surface area contributed by atoms with Crippen LogP contribution in [0.15, 0.2) is 46.0 Å². The minimum Gasteiger partial charge on any atom is -0.368 e. The quantitative estimate of drug-likeness (QED) is 0.937. The molecule has 0 saturated carbocycles. The van der Waals surface area contributed by atoms with Crippen molar-refractivity contribution in [3.63, 3.8) is 0 Å². The zero-order valence-electron chi connectivity index (χ0n) is 11.7. The molecule has 4 nitrogen and oxygen atoms in total. The molecule has 2 aromatic rings. The van der Waals surface area contributed by atoms with E-state index in [4.69, 9.17) is 0 Å². The molecule has 112 valence electrons. The first-order valence-electron chi connectivity index (χ1n) is 6.96. The lowest BCUT2D eigenvalue weighted by Crippen LogP contribution is -2.43. The summed E-state index contributed by atoms with van der Waals surface area (Å²) in [5.74, 6) is 0.0648. The molecule has 3 rings (SSSR count). The second kappa shape index (κ2) is 6.17. The number of hydrogen-bond acceptors (Lipinski definition) is 5. The van der Waals surface area contributed by atoms with Gasteiger partial charge in [0.05, 0.1) is 5.75 Å². The summed E-state index contributed by atoms with van der Waals surface area (Å²) in [6, 6.07) is 11.1. The van der Waals surface area contributed by atoms with Crippen LogP contribution in [0.2, 0.25) is 0 Å². The van der Waals surface area contributed by atoms with Crippen LogP contribution in [0.3, 0.4) is 0 Å². The number of hydrogen-bond donors (Lipinski definition) is 1. The monoisotopic (exact) mass is 322 g/mol. The van der Waals surface area contributed by atoms with Crippen LogP contribution in [0.5, 0.6) is 0 Å². The lowest BCUT2D eigenvalue weighted by atomic mass is 10.2. The zero-order valence-corrected chi connectivity index (χ0v) is 13.3. The maximum atomic E-state index is 12.5. The number of anilines is 1. The second-order valence-electron chi connectivity index (χ2n) is 5.11. The SMILES string of the molecule is O=S(=O)(Cc1ccccc1)c1cc(N2CCNCC2)cs1. The summed E-state index contributed by atoms with van der Waals surface area (Å²) in [5.41, 5.74) is 1.85. The molecule has 1 aliphatic heterocycles. The predicted octanol–water partition coefficient (Wildman–Crippen LogP) is 2.13. The molecule has 6 heteroatoms. The molecule has 21 heavy (non-hydrogen) atoms. The summed E-state index contributed by atoms with van der Waals surface area (Å²) in [7, 11) is -3.25. The fraction of sp³-hybridized carbons (Fsp3) is 0.333. The van der Waals surface area contributed by atoms with Crippen LogP contribution >= 0.6 is 11.3 Å². The number of nitrogens with zero attached hydrogens (tertiary/aromatic N) is 1. The molecule has 1 aromatic carbocycles. The summed E-state index contributed by atoms with van der Waals surface area (Å²) >= 11 is 1.32. The van der Waals surface area contributed by atoms with Gasteiger partial charge in [-0.3, -0.25) is 0 Å². The van der Waals surface area contributed by atoms with E-state index in [2.05, 4.69) is 10.2 Å². The van der Waals surface area contributed by atoms with Crippen LogP contribution in [0.25, 0.3) is 0 Å². The molecular formula is C15H18N2O2S2. The van der Waals surface area contributed by atoms with Crippen molar-refractivity contribution >= 4 is 26.9 Å².